The van der Waals surface area contributed by atoms with Gasteiger partial charge in [0.25, 0.3) is 0 Å². The van der Waals surface area contributed by atoms with Crippen LogP contribution in [0.5, 0.6) is 0 Å². The maximum atomic E-state index is 12.5. The zero-order valence-electron chi connectivity index (χ0n) is 17.0. The Balaban J connectivity index is 1.92. The Labute approximate surface area is 174 Å². The fourth-order valence-corrected chi connectivity index (χ4v) is 3.55. The molecule has 0 saturated heterocycles. The number of rotatable bonds is 4. The molecule has 2 aromatic carbocycles. The van der Waals surface area contributed by atoms with Crippen molar-refractivity contribution in [2.75, 3.05) is 7.11 Å². The van der Waals surface area contributed by atoms with Gasteiger partial charge in [0.1, 0.15) is 0 Å². The van der Waals surface area contributed by atoms with Gasteiger partial charge in [-0.25, -0.2) is 14.3 Å². The average molecular weight is 402 g/mol. The molecule has 1 atom stereocenters. The van der Waals surface area contributed by atoms with Gasteiger partial charge in [-0.2, -0.15) is 5.10 Å². The van der Waals surface area contributed by atoms with E-state index in [-0.39, 0.29) is 6.03 Å². The van der Waals surface area contributed by atoms with E-state index < -0.39 is 12.0 Å². The summed E-state index contributed by atoms with van der Waals surface area (Å²) < 4.78 is 6.74. The number of aryl methyl sites for hydroxylation is 1. The normalized spacial score (nSPS) is 16.1. The summed E-state index contributed by atoms with van der Waals surface area (Å²) >= 11 is 0. The van der Waals surface area contributed by atoms with Crippen LogP contribution in [0.25, 0.3) is 16.9 Å². The number of carbonyl (C=O) groups is 2. The van der Waals surface area contributed by atoms with Gasteiger partial charge in [-0.1, -0.05) is 48.0 Å². The van der Waals surface area contributed by atoms with E-state index in [1.165, 1.54) is 7.11 Å². The second-order valence-corrected chi connectivity index (χ2v) is 7.14. The molecule has 1 aliphatic heterocycles. The van der Waals surface area contributed by atoms with Crippen molar-refractivity contribution in [3.8, 4) is 16.9 Å². The predicted octanol–water partition coefficient (Wildman–Crippen LogP) is 3.65. The van der Waals surface area contributed by atoms with E-state index in [2.05, 4.69) is 10.6 Å². The maximum absolute atomic E-state index is 12.5. The third kappa shape index (κ3) is 3.57. The Morgan fingerprint density at radius 1 is 1.07 bits per heavy atom. The summed E-state index contributed by atoms with van der Waals surface area (Å²) in [6, 6.07) is 16.6. The molecule has 2 amide bonds. The maximum Gasteiger partial charge on any atom is 0.337 e. The molecule has 1 aliphatic rings. The third-order valence-electron chi connectivity index (χ3n) is 5.07. The highest BCUT2D eigenvalue weighted by Crippen LogP contribution is 2.34. The minimum Gasteiger partial charge on any atom is -0.466 e. The molecule has 152 valence electrons. The molecule has 0 fully saturated rings. The van der Waals surface area contributed by atoms with Crippen molar-refractivity contribution in [3.05, 3.63) is 83.2 Å². The first-order chi connectivity index (χ1) is 14.5. The minimum atomic E-state index is -0.694. The Morgan fingerprint density at radius 3 is 2.43 bits per heavy atom. The second kappa shape index (κ2) is 7.87. The monoisotopic (exact) mass is 402 g/mol. The quantitative estimate of drug-likeness (QED) is 0.653. The van der Waals surface area contributed by atoms with Gasteiger partial charge in [-0.3, -0.25) is 0 Å². The molecule has 2 N–H and O–H groups in total. The Morgan fingerprint density at radius 2 is 1.77 bits per heavy atom. The number of urea groups is 1. The number of ether oxygens (including phenoxy) is 1. The minimum absolute atomic E-state index is 0.345. The van der Waals surface area contributed by atoms with Gasteiger partial charge in [0, 0.05) is 23.0 Å². The number of nitrogens with zero attached hydrogens (tertiary/aromatic N) is 2. The lowest BCUT2D eigenvalue weighted by Crippen LogP contribution is -2.45. The highest BCUT2D eigenvalue weighted by atomic mass is 16.5. The number of hydrogen-bond acceptors (Lipinski definition) is 4. The van der Waals surface area contributed by atoms with Crippen LogP contribution >= 0.6 is 0 Å². The standard InChI is InChI=1S/C23H22N4O3/c1-14-9-11-16(12-10-14)20-18(13-27(26-20)17-7-5-4-6-8-17)21-19(22(28)30-3)15(2)24-23(29)25-21/h4-13,21H,1-3H3,(H2,24,25,29)/t21-/m0/s1. The highest BCUT2D eigenvalue weighted by molar-refractivity contribution is 5.95. The number of methoxy groups -OCH3 is 1. The molecule has 0 aliphatic carbocycles. The van der Waals surface area contributed by atoms with Crippen LogP contribution < -0.4 is 10.6 Å². The van der Waals surface area contributed by atoms with Gasteiger partial charge in [0.05, 0.1) is 30.1 Å². The summed E-state index contributed by atoms with van der Waals surface area (Å²) in [5.41, 5.74) is 5.08. The number of nitrogens with one attached hydrogen (secondary N) is 2. The lowest BCUT2D eigenvalue weighted by atomic mass is 9.93. The van der Waals surface area contributed by atoms with Gasteiger partial charge in [-0.15, -0.1) is 0 Å². The predicted molar refractivity (Wildman–Crippen MR) is 113 cm³/mol. The number of hydrogen-bond donors (Lipinski definition) is 2. The summed E-state index contributed by atoms with van der Waals surface area (Å²) in [5.74, 6) is -0.507. The van der Waals surface area contributed by atoms with E-state index in [9.17, 15) is 9.59 Å². The zero-order chi connectivity index (χ0) is 21.3. The first-order valence-electron chi connectivity index (χ1n) is 9.56. The summed E-state index contributed by atoms with van der Waals surface area (Å²) in [7, 11) is 1.32. The van der Waals surface area contributed by atoms with Crippen LogP contribution in [0.1, 0.15) is 24.1 Å². The number of allylic oxidation sites excluding steroid dienone is 1. The molecule has 0 radical (unpaired) electrons. The Hall–Kier alpha value is -3.87. The van der Waals surface area contributed by atoms with Crippen molar-refractivity contribution in [1.29, 1.82) is 0 Å². The molecule has 4 rings (SSSR count). The third-order valence-corrected chi connectivity index (χ3v) is 5.07. The molecular formula is C23H22N4O3. The van der Waals surface area contributed by atoms with E-state index in [1.807, 2.05) is 67.7 Å². The van der Waals surface area contributed by atoms with Crippen molar-refractivity contribution in [1.82, 2.24) is 20.4 Å². The number of para-hydroxylation sites is 1. The molecule has 2 heterocycles. The van der Waals surface area contributed by atoms with Gasteiger partial charge in [0.2, 0.25) is 0 Å². The van der Waals surface area contributed by atoms with E-state index in [0.29, 0.717) is 22.5 Å². The molecule has 30 heavy (non-hydrogen) atoms. The number of amides is 2. The summed E-state index contributed by atoms with van der Waals surface area (Å²) in [6.07, 6.45) is 1.84. The smallest absolute Gasteiger partial charge is 0.337 e. The molecule has 7 nitrogen and oxygen atoms in total. The summed E-state index contributed by atoms with van der Waals surface area (Å²) in [4.78, 5) is 24.8. The lowest BCUT2D eigenvalue weighted by Gasteiger charge is -2.27. The van der Waals surface area contributed by atoms with Gasteiger partial charge < -0.3 is 15.4 Å². The van der Waals surface area contributed by atoms with E-state index in [4.69, 9.17) is 9.84 Å². The Bertz CT molecular complexity index is 1130. The van der Waals surface area contributed by atoms with Gasteiger partial charge in [-0.05, 0) is 26.0 Å². The number of benzene rings is 2. The largest absolute Gasteiger partial charge is 0.466 e. The highest BCUT2D eigenvalue weighted by Gasteiger charge is 2.34. The molecule has 0 spiro atoms. The molecule has 0 bridgehead atoms. The van der Waals surface area contributed by atoms with Crippen molar-refractivity contribution in [2.45, 2.75) is 19.9 Å². The first kappa shape index (κ1) is 19.4. The molecule has 0 saturated carbocycles. The van der Waals surface area contributed by atoms with Crippen molar-refractivity contribution in [3.63, 3.8) is 0 Å². The molecule has 0 unspecified atom stereocenters. The molecule has 1 aromatic heterocycles. The lowest BCUT2D eigenvalue weighted by molar-refractivity contribution is -0.136. The number of carbonyl (C=O) groups excluding carboxylic acids is 2. The van der Waals surface area contributed by atoms with Crippen LogP contribution in [0.2, 0.25) is 0 Å². The van der Waals surface area contributed by atoms with Crippen LogP contribution in [0.15, 0.2) is 72.1 Å². The van der Waals surface area contributed by atoms with Crippen LogP contribution in [0.3, 0.4) is 0 Å². The van der Waals surface area contributed by atoms with Crippen LogP contribution in [0, 0.1) is 6.92 Å². The van der Waals surface area contributed by atoms with E-state index in [0.717, 1.165) is 16.8 Å². The van der Waals surface area contributed by atoms with Crippen LogP contribution in [0.4, 0.5) is 4.79 Å². The van der Waals surface area contributed by atoms with Crippen LogP contribution in [-0.2, 0) is 9.53 Å². The average Bonchev–Trinajstić information content (AvgIpc) is 3.19. The summed E-state index contributed by atoms with van der Waals surface area (Å²) in [5, 5.41) is 10.3. The molecule has 7 heteroatoms. The SMILES string of the molecule is COC(=O)C1=C(C)NC(=O)N[C@H]1c1cn(-c2ccccc2)nc1-c1ccc(C)cc1. The molecule has 3 aromatic rings. The first-order valence-corrected chi connectivity index (χ1v) is 9.56. The second-order valence-electron chi connectivity index (χ2n) is 7.14. The van der Waals surface area contributed by atoms with E-state index >= 15 is 0 Å². The van der Waals surface area contributed by atoms with Crippen molar-refractivity contribution in [2.24, 2.45) is 0 Å². The van der Waals surface area contributed by atoms with Crippen molar-refractivity contribution >= 4 is 12.0 Å². The summed E-state index contributed by atoms with van der Waals surface area (Å²) in [6.45, 7) is 3.70. The Kier molecular flexibility index (Phi) is 5.10. The van der Waals surface area contributed by atoms with Crippen molar-refractivity contribution < 1.29 is 14.3 Å². The fraction of sp³-hybridized carbons (Fsp3) is 0.174. The van der Waals surface area contributed by atoms with Crippen LogP contribution in [-0.4, -0.2) is 28.9 Å². The van der Waals surface area contributed by atoms with Gasteiger partial charge in [0.15, 0.2) is 0 Å². The fourth-order valence-electron chi connectivity index (χ4n) is 3.55. The molecular weight excluding hydrogens is 380 g/mol. The zero-order valence-corrected chi connectivity index (χ0v) is 17.0. The van der Waals surface area contributed by atoms with Gasteiger partial charge >= 0.3 is 12.0 Å². The number of esters is 1. The van der Waals surface area contributed by atoms with E-state index in [1.54, 1.807) is 11.6 Å². The topological polar surface area (TPSA) is 85.2 Å². The number of aromatic nitrogens is 2.